The third-order valence-corrected chi connectivity index (χ3v) is 4.30. The lowest BCUT2D eigenvalue weighted by Gasteiger charge is -2.26. The van der Waals surface area contributed by atoms with Gasteiger partial charge >= 0.3 is 0 Å². The van der Waals surface area contributed by atoms with Gasteiger partial charge < -0.3 is 10.1 Å². The van der Waals surface area contributed by atoms with Crippen LogP contribution in [0.15, 0.2) is 24.3 Å². The van der Waals surface area contributed by atoms with E-state index < -0.39 is 0 Å². The minimum Gasteiger partial charge on any atom is -0.496 e. The van der Waals surface area contributed by atoms with Crippen LogP contribution in [0.4, 0.5) is 0 Å². The third-order valence-electron chi connectivity index (χ3n) is 4.30. The van der Waals surface area contributed by atoms with E-state index in [1.54, 1.807) is 7.11 Å². The lowest BCUT2D eigenvalue weighted by molar-refractivity contribution is 0.236. The van der Waals surface area contributed by atoms with Gasteiger partial charge in [0.2, 0.25) is 0 Å². The van der Waals surface area contributed by atoms with Gasteiger partial charge in [-0.15, -0.1) is 0 Å². The van der Waals surface area contributed by atoms with E-state index in [9.17, 15) is 0 Å². The molecule has 3 heteroatoms. The number of para-hydroxylation sites is 1. The molecule has 0 aromatic heterocycles. The topological polar surface area (TPSA) is 24.5 Å². The minimum atomic E-state index is 0.460. The Morgan fingerprint density at radius 1 is 1.30 bits per heavy atom. The molecule has 20 heavy (non-hydrogen) atoms. The number of methoxy groups -OCH3 is 1. The first-order chi connectivity index (χ1) is 9.61. The second-order valence-corrected chi connectivity index (χ2v) is 6.07. The summed E-state index contributed by atoms with van der Waals surface area (Å²) in [7, 11) is 3.98. The lowest BCUT2D eigenvalue weighted by atomic mass is 10.1. The molecule has 1 N–H and O–H groups in total. The minimum absolute atomic E-state index is 0.460. The maximum Gasteiger partial charge on any atom is 0.122 e. The van der Waals surface area contributed by atoms with Gasteiger partial charge in [0.1, 0.15) is 5.75 Å². The number of ether oxygens (including phenoxy) is 1. The van der Waals surface area contributed by atoms with Gasteiger partial charge in [0.25, 0.3) is 0 Å². The Kier molecular flexibility index (Phi) is 5.44. The van der Waals surface area contributed by atoms with Gasteiger partial charge in [0, 0.05) is 24.7 Å². The summed E-state index contributed by atoms with van der Waals surface area (Å²) >= 11 is 0. The Morgan fingerprint density at radius 3 is 2.65 bits per heavy atom. The van der Waals surface area contributed by atoms with Crippen LogP contribution in [0.2, 0.25) is 0 Å². The summed E-state index contributed by atoms with van der Waals surface area (Å²) in [6.07, 6.45) is 3.75. The number of hydrogen-bond acceptors (Lipinski definition) is 3. The first-order valence-corrected chi connectivity index (χ1v) is 7.69. The van der Waals surface area contributed by atoms with Crippen molar-refractivity contribution < 1.29 is 4.74 Å². The number of nitrogens with zero attached hydrogens (tertiary/aromatic N) is 1. The summed E-state index contributed by atoms with van der Waals surface area (Å²) in [5.74, 6) is 0.990. The van der Waals surface area contributed by atoms with Crippen molar-refractivity contribution in [3.63, 3.8) is 0 Å². The van der Waals surface area contributed by atoms with E-state index in [0.717, 1.165) is 24.8 Å². The normalized spacial score (nSPS) is 18.1. The van der Waals surface area contributed by atoms with E-state index in [4.69, 9.17) is 4.74 Å². The molecule has 0 aliphatic heterocycles. The van der Waals surface area contributed by atoms with Gasteiger partial charge in [0.15, 0.2) is 0 Å². The molecule has 0 spiro atoms. The second-order valence-electron chi connectivity index (χ2n) is 6.07. The van der Waals surface area contributed by atoms with Crippen molar-refractivity contribution in [2.75, 3.05) is 20.7 Å². The molecular formula is C17H28N2O. The monoisotopic (exact) mass is 276 g/mol. The quantitative estimate of drug-likeness (QED) is 0.790. The average Bonchev–Trinajstić information content (AvgIpc) is 3.29. The third kappa shape index (κ3) is 4.22. The van der Waals surface area contributed by atoms with Crippen molar-refractivity contribution in [3.8, 4) is 5.75 Å². The summed E-state index contributed by atoms with van der Waals surface area (Å²) in [6, 6.07) is 10.2. The van der Waals surface area contributed by atoms with E-state index in [0.29, 0.717) is 12.1 Å². The molecule has 1 aliphatic rings. The second kappa shape index (κ2) is 7.09. The Bertz CT molecular complexity index is 417. The van der Waals surface area contributed by atoms with Crippen molar-refractivity contribution >= 4 is 0 Å². The zero-order chi connectivity index (χ0) is 14.5. The Labute approximate surface area is 123 Å². The van der Waals surface area contributed by atoms with E-state index in [1.165, 1.54) is 18.4 Å². The maximum atomic E-state index is 5.41. The number of hydrogen-bond donors (Lipinski definition) is 1. The fourth-order valence-electron chi connectivity index (χ4n) is 2.63. The van der Waals surface area contributed by atoms with Gasteiger partial charge in [-0.3, -0.25) is 4.90 Å². The molecule has 3 nitrogen and oxygen atoms in total. The largest absolute Gasteiger partial charge is 0.496 e. The van der Waals surface area contributed by atoms with Crippen LogP contribution in [-0.2, 0) is 6.42 Å². The van der Waals surface area contributed by atoms with E-state index >= 15 is 0 Å². The zero-order valence-electron chi connectivity index (χ0n) is 13.2. The average molecular weight is 276 g/mol. The number of rotatable bonds is 8. The fourth-order valence-corrected chi connectivity index (χ4v) is 2.63. The highest BCUT2D eigenvalue weighted by Crippen LogP contribution is 2.26. The standard InChI is InChI=1S/C17H28N2O/c1-13(11-15-7-5-6-8-17(15)20-4)18-12-14(2)19(3)16-9-10-16/h5-8,13-14,16,18H,9-12H2,1-4H3. The van der Waals surface area contributed by atoms with E-state index in [-0.39, 0.29) is 0 Å². The van der Waals surface area contributed by atoms with Gasteiger partial charge in [-0.05, 0) is 51.8 Å². The van der Waals surface area contributed by atoms with Crippen LogP contribution >= 0.6 is 0 Å². The van der Waals surface area contributed by atoms with E-state index in [2.05, 4.69) is 43.2 Å². The van der Waals surface area contributed by atoms with Crippen LogP contribution in [0.25, 0.3) is 0 Å². The van der Waals surface area contributed by atoms with Crippen LogP contribution in [0.1, 0.15) is 32.3 Å². The molecule has 2 rings (SSSR count). The molecule has 1 saturated carbocycles. The number of nitrogens with one attached hydrogen (secondary N) is 1. The molecule has 1 aliphatic carbocycles. The highest BCUT2D eigenvalue weighted by Gasteiger charge is 2.28. The Morgan fingerprint density at radius 2 is 2.00 bits per heavy atom. The highest BCUT2D eigenvalue weighted by atomic mass is 16.5. The van der Waals surface area contributed by atoms with Gasteiger partial charge in [-0.1, -0.05) is 18.2 Å². The van der Waals surface area contributed by atoms with Gasteiger partial charge in [-0.25, -0.2) is 0 Å². The first-order valence-electron chi connectivity index (χ1n) is 7.69. The smallest absolute Gasteiger partial charge is 0.122 e. The molecule has 0 radical (unpaired) electrons. The predicted octanol–water partition coefficient (Wildman–Crippen LogP) is 2.70. The molecule has 0 saturated heterocycles. The SMILES string of the molecule is COc1ccccc1CC(C)NCC(C)N(C)C1CC1. The van der Waals surface area contributed by atoms with Crippen LogP contribution in [-0.4, -0.2) is 43.7 Å². The molecule has 2 unspecified atom stereocenters. The molecule has 0 heterocycles. The molecule has 0 bridgehead atoms. The van der Waals surface area contributed by atoms with E-state index in [1.807, 2.05) is 12.1 Å². The molecule has 1 aromatic carbocycles. The first kappa shape index (κ1) is 15.3. The van der Waals surface area contributed by atoms with Crippen LogP contribution in [0.5, 0.6) is 5.75 Å². The summed E-state index contributed by atoms with van der Waals surface area (Å²) in [5.41, 5.74) is 1.28. The summed E-state index contributed by atoms with van der Waals surface area (Å²) < 4.78 is 5.41. The fraction of sp³-hybridized carbons (Fsp3) is 0.647. The molecule has 2 atom stereocenters. The highest BCUT2D eigenvalue weighted by molar-refractivity contribution is 5.33. The van der Waals surface area contributed by atoms with Crippen molar-refractivity contribution in [1.29, 1.82) is 0 Å². The number of likely N-dealkylation sites (N-methyl/N-ethyl adjacent to an activating group) is 1. The molecule has 1 fully saturated rings. The molecule has 0 amide bonds. The summed E-state index contributed by atoms with van der Waals surface area (Å²) in [5, 5.41) is 3.65. The lowest BCUT2D eigenvalue weighted by Crippen LogP contribution is -2.42. The van der Waals surface area contributed by atoms with Crippen LogP contribution in [0, 0.1) is 0 Å². The van der Waals surface area contributed by atoms with Crippen LogP contribution in [0.3, 0.4) is 0 Å². The molecule has 1 aromatic rings. The van der Waals surface area contributed by atoms with Crippen molar-refractivity contribution in [2.24, 2.45) is 0 Å². The Balaban J connectivity index is 1.78. The maximum absolute atomic E-state index is 5.41. The zero-order valence-corrected chi connectivity index (χ0v) is 13.2. The molecule has 112 valence electrons. The van der Waals surface area contributed by atoms with Crippen molar-refractivity contribution in [1.82, 2.24) is 10.2 Å². The summed E-state index contributed by atoms with van der Waals surface area (Å²) in [6.45, 7) is 5.60. The number of benzene rings is 1. The Hall–Kier alpha value is -1.06. The van der Waals surface area contributed by atoms with Crippen molar-refractivity contribution in [3.05, 3.63) is 29.8 Å². The molecular weight excluding hydrogens is 248 g/mol. The van der Waals surface area contributed by atoms with Gasteiger partial charge in [-0.2, -0.15) is 0 Å². The predicted molar refractivity (Wildman–Crippen MR) is 84.4 cm³/mol. The van der Waals surface area contributed by atoms with Crippen molar-refractivity contribution in [2.45, 2.75) is 51.2 Å². The van der Waals surface area contributed by atoms with Crippen LogP contribution < -0.4 is 10.1 Å². The van der Waals surface area contributed by atoms with Gasteiger partial charge in [0.05, 0.1) is 7.11 Å². The summed E-state index contributed by atoms with van der Waals surface area (Å²) in [4.78, 5) is 2.50.